The molecule has 0 radical (unpaired) electrons. The van der Waals surface area contributed by atoms with Crippen molar-refractivity contribution >= 4 is 11.6 Å². The normalized spacial score (nSPS) is 25.2. The van der Waals surface area contributed by atoms with Gasteiger partial charge >= 0.3 is 0 Å². The van der Waals surface area contributed by atoms with E-state index in [0.717, 1.165) is 25.1 Å². The highest BCUT2D eigenvalue weighted by Gasteiger charge is 2.28. The fourth-order valence-corrected chi connectivity index (χ4v) is 3.02. The molecule has 1 aromatic carbocycles. The maximum absolute atomic E-state index is 13.4. The van der Waals surface area contributed by atoms with E-state index in [1.54, 1.807) is 6.07 Å². The molecule has 1 aliphatic heterocycles. The van der Waals surface area contributed by atoms with Gasteiger partial charge in [-0.3, -0.25) is 0 Å². The molecule has 1 heterocycles. The Kier molecular flexibility index (Phi) is 4.05. The lowest BCUT2D eigenvalue weighted by Crippen LogP contribution is -2.38. The molecule has 1 aromatic rings. The second-order valence-corrected chi connectivity index (χ2v) is 5.65. The summed E-state index contributed by atoms with van der Waals surface area (Å²) >= 11 is 5.94. The van der Waals surface area contributed by atoms with Crippen LogP contribution in [0.2, 0.25) is 5.02 Å². The summed E-state index contributed by atoms with van der Waals surface area (Å²) in [6.07, 6.45) is 1.06. The lowest BCUT2D eigenvalue weighted by molar-refractivity contribution is 0.255. The lowest BCUT2D eigenvalue weighted by Gasteiger charge is -2.35. The van der Waals surface area contributed by atoms with Gasteiger partial charge in [-0.05, 0) is 61.0 Å². The van der Waals surface area contributed by atoms with Crippen LogP contribution >= 0.6 is 11.6 Å². The third kappa shape index (κ3) is 2.99. The molecule has 0 aliphatic carbocycles. The molecule has 94 valence electrons. The highest BCUT2D eigenvalue weighted by atomic mass is 35.5. The highest BCUT2D eigenvalue weighted by molar-refractivity contribution is 6.30. The van der Waals surface area contributed by atoms with Gasteiger partial charge in [-0.15, -0.1) is 0 Å². The van der Waals surface area contributed by atoms with Gasteiger partial charge in [-0.1, -0.05) is 25.4 Å². The van der Waals surface area contributed by atoms with Crippen molar-refractivity contribution in [2.75, 3.05) is 13.1 Å². The molecule has 1 aliphatic rings. The number of piperidine rings is 1. The quantitative estimate of drug-likeness (QED) is 0.847. The van der Waals surface area contributed by atoms with Gasteiger partial charge < -0.3 is 5.32 Å². The van der Waals surface area contributed by atoms with Crippen LogP contribution in [-0.4, -0.2) is 13.1 Å². The number of hydrogen-bond acceptors (Lipinski definition) is 1. The van der Waals surface area contributed by atoms with Crippen molar-refractivity contribution < 1.29 is 4.39 Å². The fourth-order valence-electron chi connectivity index (χ4n) is 2.79. The van der Waals surface area contributed by atoms with E-state index in [-0.39, 0.29) is 5.82 Å². The van der Waals surface area contributed by atoms with Gasteiger partial charge in [0.25, 0.3) is 0 Å². The van der Waals surface area contributed by atoms with Crippen molar-refractivity contribution in [2.24, 2.45) is 11.8 Å². The van der Waals surface area contributed by atoms with E-state index in [2.05, 4.69) is 19.2 Å². The Hall–Kier alpha value is -0.600. The summed E-state index contributed by atoms with van der Waals surface area (Å²) in [7, 11) is 0. The molecular formula is C14H19ClFN. The minimum atomic E-state index is -0.228. The van der Waals surface area contributed by atoms with Crippen molar-refractivity contribution in [2.45, 2.75) is 26.2 Å². The first-order valence-electron chi connectivity index (χ1n) is 6.24. The number of benzene rings is 1. The van der Waals surface area contributed by atoms with Crippen LogP contribution in [-0.2, 0) is 0 Å². The van der Waals surface area contributed by atoms with Crippen molar-refractivity contribution in [1.29, 1.82) is 0 Å². The molecule has 2 unspecified atom stereocenters. The topological polar surface area (TPSA) is 12.0 Å². The molecule has 1 saturated heterocycles. The predicted octanol–water partition coefficient (Wildman–Crippen LogP) is 3.83. The number of hydrogen-bond donors (Lipinski definition) is 1. The van der Waals surface area contributed by atoms with E-state index in [0.29, 0.717) is 22.8 Å². The van der Waals surface area contributed by atoms with Crippen molar-refractivity contribution in [3.8, 4) is 0 Å². The fraction of sp³-hybridized carbons (Fsp3) is 0.571. The first kappa shape index (κ1) is 12.8. The van der Waals surface area contributed by atoms with Crippen LogP contribution in [0.15, 0.2) is 18.2 Å². The Morgan fingerprint density at radius 3 is 2.76 bits per heavy atom. The van der Waals surface area contributed by atoms with Crippen LogP contribution in [0, 0.1) is 17.7 Å². The van der Waals surface area contributed by atoms with E-state index in [9.17, 15) is 4.39 Å². The summed E-state index contributed by atoms with van der Waals surface area (Å²) in [5, 5.41) is 3.92. The molecule has 0 amide bonds. The molecule has 3 heteroatoms. The summed E-state index contributed by atoms with van der Waals surface area (Å²) in [5.74, 6) is 1.34. The van der Waals surface area contributed by atoms with Gasteiger partial charge in [0.15, 0.2) is 0 Å². The zero-order valence-electron chi connectivity index (χ0n) is 10.3. The average molecular weight is 256 g/mol. The Labute approximate surface area is 107 Å². The minimum Gasteiger partial charge on any atom is -0.316 e. The largest absolute Gasteiger partial charge is 0.316 e. The maximum Gasteiger partial charge on any atom is 0.124 e. The zero-order chi connectivity index (χ0) is 12.4. The predicted molar refractivity (Wildman–Crippen MR) is 70.0 cm³/mol. The van der Waals surface area contributed by atoms with Crippen molar-refractivity contribution in [1.82, 2.24) is 5.32 Å². The van der Waals surface area contributed by atoms with Crippen LogP contribution in [0.3, 0.4) is 0 Å². The monoisotopic (exact) mass is 255 g/mol. The van der Waals surface area contributed by atoms with Crippen LogP contribution in [0.1, 0.15) is 31.7 Å². The van der Waals surface area contributed by atoms with Crippen LogP contribution < -0.4 is 5.32 Å². The average Bonchev–Trinajstić information content (AvgIpc) is 2.27. The molecule has 0 saturated carbocycles. The second-order valence-electron chi connectivity index (χ2n) is 5.21. The maximum atomic E-state index is 13.4. The summed E-state index contributed by atoms with van der Waals surface area (Å²) in [5.41, 5.74) is 1.05. The Bertz CT molecular complexity index is 372. The zero-order valence-corrected chi connectivity index (χ0v) is 11.1. The summed E-state index contributed by atoms with van der Waals surface area (Å²) in [6, 6.07) is 4.92. The van der Waals surface area contributed by atoms with Crippen LogP contribution in [0.25, 0.3) is 0 Å². The van der Waals surface area contributed by atoms with Gasteiger partial charge in [0, 0.05) is 5.02 Å². The number of rotatable bonds is 2. The molecule has 17 heavy (non-hydrogen) atoms. The first-order chi connectivity index (χ1) is 8.08. The molecule has 1 nitrogen and oxygen atoms in total. The highest BCUT2D eigenvalue weighted by Crippen LogP contribution is 2.36. The summed E-state index contributed by atoms with van der Waals surface area (Å²) in [4.78, 5) is 0. The first-order valence-corrected chi connectivity index (χ1v) is 6.62. The SMILES string of the molecule is CC(C)C1CNCCC1c1cc(F)cc(Cl)c1. The third-order valence-corrected chi connectivity index (χ3v) is 3.92. The van der Waals surface area contributed by atoms with E-state index in [1.165, 1.54) is 6.07 Å². The molecule has 1 fully saturated rings. The molecule has 0 aromatic heterocycles. The van der Waals surface area contributed by atoms with E-state index in [1.807, 2.05) is 6.07 Å². The van der Waals surface area contributed by atoms with Crippen LogP contribution in [0.4, 0.5) is 4.39 Å². The molecule has 1 N–H and O–H groups in total. The van der Waals surface area contributed by atoms with Gasteiger partial charge in [-0.25, -0.2) is 4.39 Å². The number of halogens is 2. The van der Waals surface area contributed by atoms with Gasteiger partial charge in [0.2, 0.25) is 0 Å². The van der Waals surface area contributed by atoms with Gasteiger partial charge in [-0.2, -0.15) is 0 Å². The van der Waals surface area contributed by atoms with E-state index in [4.69, 9.17) is 11.6 Å². The third-order valence-electron chi connectivity index (χ3n) is 3.70. The Morgan fingerprint density at radius 1 is 1.35 bits per heavy atom. The Morgan fingerprint density at radius 2 is 2.12 bits per heavy atom. The van der Waals surface area contributed by atoms with Crippen molar-refractivity contribution in [3.63, 3.8) is 0 Å². The standard InChI is InChI=1S/C14H19ClFN/c1-9(2)14-8-17-4-3-13(14)10-5-11(15)7-12(16)6-10/h5-7,9,13-14,17H,3-4,8H2,1-2H3. The molecule has 2 rings (SSSR count). The molecule has 0 bridgehead atoms. The lowest BCUT2D eigenvalue weighted by atomic mass is 9.75. The van der Waals surface area contributed by atoms with Crippen LogP contribution in [0.5, 0.6) is 0 Å². The van der Waals surface area contributed by atoms with E-state index >= 15 is 0 Å². The van der Waals surface area contributed by atoms with E-state index < -0.39 is 0 Å². The minimum absolute atomic E-state index is 0.228. The molecule has 2 atom stereocenters. The molecule has 0 spiro atoms. The Balaban J connectivity index is 2.29. The van der Waals surface area contributed by atoms with Gasteiger partial charge in [0.1, 0.15) is 5.82 Å². The summed E-state index contributed by atoms with van der Waals surface area (Å²) < 4.78 is 13.4. The smallest absolute Gasteiger partial charge is 0.124 e. The second kappa shape index (κ2) is 5.36. The van der Waals surface area contributed by atoms with Crippen molar-refractivity contribution in [3.05, 3.63) is 34.6 Å². The van der Waals surface area contributed by atoms with Gasteiger partial charge in [0.05, 0.1) is 0 Å². The number of nitrogens with one attached hydrogen (secondary N) is 1. The summed E-state index contributed by atoms with van der Waals surface area (Å²) in [6.45, 7) is 6.47. The molecular weight excluding hydrogens is 237 g/mol.